The summed E-state index contributed by atoms with van der Waals surface area (Å²) >= 11 is 0. The Labute approximate surface area is 203 Å². The second-order valence-electron chi connectivity index (χ2n) is 8.31. The summed E-state index contributed by atoms with van der Waals surface area (Å²) in [5, 5.41) is 5.51. The van der Waals surface area contributed by atoms with E-state index in [4.69, 9.17) is 0 Å². The number of carbonyl (C=O) groups is 1. The number of aryl methyl sites for hydroxylation is 1. The van der Waals surface area contributed by atoms with Crippen LogP contribution >= 0.6 is 0 Å². The smallest absolute Gasteiger partial charge is 0.365 e. The molecule has 0 radical (unpaired) electrons. The Hall–Kier alpha value is -3.83. The summed E-state index contributed by atoms with van der Waals surface area (Å²) in [6.45, 7) is 1.25. The lowest BCUT2D eigenvalue weighted by Crippen LogP contribution is -2.31. The van der Waals surface area contributed by atoms with Crippen molar-refractivity contribution >= 4 is 23.4 Å². The molecule has 7 nitrogen and oxygen atoms in total. The standard InChI is InChI=1S/C24H23F5N6O/c1-2-19-16(6-4-9-30-19)12-31-20-18(24(27,28)29)13-32-22(34-20)33-17-7-3-5-15(11-17)21(36)35-10-8-23(25,26)14-35/h3-7,9,11,13H,2,8,10,12,14H2,1H3,(H2,31,32,33,34). The topological polar surface area (TPSA) is 83.0 Å². The van der Waals surface area contributed by atoms with Gasteiger partial charge in [-0.1, -0.05) is 19.1 Å². The summed E-state index contributed by atoms with van der Waals surface area (Å²) in [5.41, 5.74) is 0.932. The summed E-state index contributed by atoms with van der Waals surface area (Å²) in [7, 11) is 0. The number of carbonyl (C=O) groups excluding carboxylic acids is 1. The van der Waals surface area contributed by atoms with Gasteiger partial charge < -0.3 is 15.5 Å². The maximum Gasteiger partial charge on any atom is 0.421 e. The molecule has 3 aromatic rings. The van der Waals surface area contributed by atoms with E-state index < -0.39 is 42.4 Å². The second-order valence-corrected chi connectivity index (χ2v) is 8.31. The maximum absolute atomic E-state index is 13.6. The lowest BCUT2D eigenvalue weighted by Gasteiger charge is -2.17. The number of hydrogen-bond acceptors (Lipinski definition) is 6. The number of nitrogens with one attached hydrogen (secondary N) is 2. The number of likely N-dealkylation sites (tertiary alicyclic amines) is 1. The van der Waals surface area contributed by atoms with Crippen LogP contribution in [-0.4, -0.2) is 44.8 Å². The Balaban J connectivity index is 1.55. The Morgan fingerprint density at radius 3 is 2.67 bits per heavy atom. The minimum atomic E-state index is -4.69. The van der Waals surface area contributed by atoms with E-state index in [0.29, 0.717) is 18.3 Å². The average Bonchev–Trinajstić information content (AvgIpc) is 3.21. The van der Waals surface area contributed by atoms with Crippen LogP contribution in [0.25, 0.3) is 0 Å². The molecule has 1 saturated heterocycles. The first kappa shape index (κ1) is 25.3. The number of pyridine rings is 1. The van der Waals surface area contributed by atoms with Gasteiger partial charge in [-0.15, -0.1) is 0 Å². The number of amides is 1. The maximum atomic E-state index is 13.6. The molecule has 2 aromatic heterocycles. The SMILES string of the molecule is CCc1ncccc1CNc1nc(Nc2cccc(C(=O)N3CCC(F)(F)C3)c2)ncc1C(F)(F)F. The highest BCUT2D eigenvalue weighted by molar-refractivity contribution is 5.95. The molecule has 1 aromatic carbocycles. The van der Waals surface area contributed by atoms with Gasteiger partial charge in [0.05, 0.1) is 6.54 Å². The molecule has 1 aliphatic rings. The molecule has 1 aliphatic heterocycles. The minimum absolute atomic E-state index is 0.0583. The van der Waals surface area contributed by atoms with Crippen LogP contribution in [0.2, 0.25) is 0 Å². The first-order valence-corrected chi connectivity index (χ1v) is 11.2. The highest BCUT2D eigenvalue weighted by Gasteiger charge is 2.40. The number of aromatic nitrogens is 3. The first-order valence-electron chi connectivity index (χ1n) is 11.2. The largest absolute Gasteiger partial charge is 0.421 e. The van der Waals surface area contributed by atoms with E-state index in [1.165, 1.54) is 18.2 Å². The highest BCUT2D eigenvalue weighted by atomic mass is 19.4. The average molecular weight is 506 g/mol. The fourth-order valence-electron chi connectivity index (χ4n) is 3.86. The van der Waals surface area contributed by atoms with Crippen LogP contribution in [0.4, 0.5) is 39.4 Å². The second kappa shape index (κ2) is 10.0. The fourth-order valence-corrected chi connectivity index (χ4v) is 3.86. The van der Waals surface area contributed by atoms with Crippen molar-refractivity contribution in [3.8, 4) is 0 Å². The van der Waals surface area contributed by atoms with Crippen molar-refractivity contribution in [3.63, 3.8) is 0 Å². The molecule has 0 aliphatic carbocycles. The van der Waals surface area contributed by atoms with Crippen molar-refractivity contribution in [1.82, 2.24) is 19.9 Å². The monoisotopic (exact) mass is 506 g/mol. The summed E-state index contributed by atoms with van der Waals surface area (Å²) in [5.74, 6) is -4.03. The number of rotatable bonds is 7. The Bertz CT molecular complexity index is 1250. The molecular weight excluding hydrogens is 483 g/mol. The number of anilines is 3. The van der Waals surface area contributed by atoms with Crippen LogP contribution in [0.1, 0.15) is 40.5 Å². The predicted octanol–water partition coefficient (Wildman–Crippen LogP) is 5.29. The number of alkyl halides is 5. The van der Waals surface area contributed by atoms with Gasteiger partial charge in [0.25, 0.3) is 11.8 Å². The molecule has 0 saturated carbocycles. The molecule has 0 atom stereocenters. The third kappa shape index (κ3) is 5.86. The third-order valence-electron chi connectivity index (χ3n) is 5.68. The molecule has 1 fully saturated rings. The number of hydrogen-bond donors (Lipinski definition) is 2. The highest BCUT2D eigenvalue weighted by Crippen LogP contribution is 2.34. The van der Waals surface area contributed by atoms with Crippen molar-refractivity contribution in [3.05, 3.63) is 71.2 Å². The van der Waals surface area contributed by atoms with Gasteiger partial charge in [-0.25, -0.2) is 13.8 Å². The molecular formula is C24H23F5N6O. The molecule has 1 amide bonds. The molecule has 36 heavy (non-hydrogen) atoms. The molecule has 2 N–H and O–H groups in total. The van der Waals surface area contributed by atoms with E-state index >= 15 is 0 Å². The van der Waals surface area contributed by atoms with E-state index in [0.717, 1.165) is 16.2 Å². The third-order valence-corrected chi connectivity index (χ3v) is 5.68. The summed E-state index contributed by atoms with van der Waals surface area (Å²) in [6.07, 6.45) is -2.18. The zero-order valence-corrected chi connectivity index (χ0v) is 19.2. The van der Waals surface area contributed by atoms with E-state index in [-0.39, 0.29) is 24.6 Å². The molecule has 4 rings (SSSR count). The molecule has 0 unspecified atom stereocenters. The van der Waals surface area contributed by atoms with Gasteiger partial charge >= 0.3 is 6.18 Å². The van der Waals surface area contributed by atoms with Gasteiger partial charge in [0, 0.05) is 48.8 Å². The van der Waals surface area contributed by atoms with E-state index in [1.807, 2.05) is 6.92 Å². The molecule has 12 heteroatoms. The number of nitrogens with zero attached hydrogens (tertiary/aromatic N) is 4. The normalized spacial score (nSPS) is 15.1. The van der Waals surface area contributed by atoms with Crippen LogP contribution in [0, 0.1) is 0 Å². The summed E-state index contributed by atoms with van der Waals surface area (Å²) in [6, 6.07) is 9.45. The van der Waals surface area contributed by atoms with Gasteiger partial charge in [0.15, 0.2) is 0 Å². The molecule has 190 valence electrons. The van der Waals surface area contributed by atoms with E-state index in [1.54, 1.807) is 24.4 Å². The minimum Gasteiger partial charge on any atom is -0.365 e. The molecule has 3 heterocycles. The van der Waals surface area contributed by atoms with Gasteiger partial charge in [0.2, 0.25) is 5.95 Å². The zero-order valence-electron chi connectivity index (χ0n) is 19.2. The summed E-state index contributed by atoms with van der Waals surface area (Å²) < 4.78 is 67.7. The van der Waals surface area contributed by atoms with Crippen LogP contribution in [-0.2, 0) is 19.1 Å². The van der Waals surface area contributed by atoms with Crippen LogP contribution in [0.5, 0.6) is 0 Å². The van der Waals surface area contributed by atoms with Crippen molar-refractivity contribution in [2.24, 2.45) is 0 Å². The van der Waals surface area contributed by atoms with Crippen molar-refractivity contribution < 1.29 is 26.7 Å². The number of benzene rings is 1. The van der Waals surface area contributed by atoms with Gasteiger partial charge in [0.1, 0.15) is 11.4 Å². The zero-order chi connectivity index (χ0) is 25.9. The van der Waals surface area contributed by atoms with Crippen LogP contribution < -0.4 is 10.6 Å². The Kier molecular flexibility index (Phi) is 7.04. The molecule has 0 spiro atoms. The van der Waals surface area contributed by atoms with Gasteiger partial charge in [-0.3, -0.25) is 9.78 Å². The lowest BCUT2D eigenvalue weighted by molar-refractivity contribution is -0.137. The Morgan fingerprint density at radius 2 is 1.97 bits per heavy atom. The molecule has 0 bridgehead atoms. The quantitative estimate of drug-likeness (QED) is 0.424. The van der Waals surface area contributed by atoms with Gasteiger partial charge in [-0.05, 0) is 36.2 Å². The first-order chi connectivity index (χ1) is 17.1. The van der Waals surface area contributed by atoms with Gasteiger partial charge in [-0.2, -0.15) is 18.2 Å². The number of halogens is 5. The van der Waals surface area contributed by atoms with Crippen molar-refractivity contribution in [1.29, 1.82) is 0 Å². The van der Waals surface area contributed by atoms with Crippen molar-refractivity contribution in [2.45, 2.75) is 38.4 Å². The lowest BCUT2D eigenvalue weighted by atomic mass is 10.1. The van der Waals surface area contributed by atoms with Crippen molar-refractivity contribution in [2.75, 3.05) is 23.7 Å². The fraction of sp³-hybridized carbons (Fsp3) is 0.333. The van der Waals surface area contributed by atoms with Crippen LogP contribution in [0.3, 0.4) is 0 Å². The van der Waals surface area contributed by atoms with E-state index in [9.17, 15) is 26.7 Å². The predicted molar refractivity (Wildman–Crippen MR) is 123 cm³/mol. The summed E-state index contributed by atoms with van der Waals surface area (Å²) in [4.78, 5) is 25.7. The Morgan fingerprint density at radius 1 is 1.17 bits per heavy atom. The van der Waals surface area contributed by atoms with E-state index in [2.05, 4.69) is 25.6 Å². The van der Waals surface area contributed by atoms with Crippen LogP contribution in [0.15, 0.2) is 48.8 Å².